The molecule has 0 aromatic heterocycles. The van der Waals surface area contributed by atoms with Crippen LogP contribution < -0.4 is 0 Å². The summed E-state index contributed by atoms with van der Waals surface area (Å²) >= 11 is 0. The fraction of sp³-hybridized carbons (Fsp3) is 0.214. The first kappa shape index (κ1) is 15.2. The van der Waals surface area contributed by atoms with Crippen LogP contribution in [0.3, 0.4) is 0 Å². The number of aldehydes is 1. The van der Waals surface area contributed by atoms with E-state index >= 15 is 0 Å². The standard InChI is InChI=1S/C9H12NO.C5H5.Fe/c1-10(2)6-8-4-3-5-9(8)7-11;1-2-4-5-3-1;/h3-5,7H,6H2,1-2H3;1-5H;/q;;+2/i4D;;. The molecule has 0 bridgehead atoms. The molecule has 90 valence electrons. The zero-order valence-electron chi connectivity index (χ0n) is 11.0. The molecule has 2 fully saturated rings. The molecular weight excluding hydrogens is 254 g/mol. The normalized spacial score (nSPS) is 22.9. The Bertz CT molecular complexity index is 214. The van der Waals surface area contributed by atoms with E-state index in [1.807, 2.05) is 51.1 Å². The predicted octanol–water partition coefficient (Wildman–Crippen LogP) is 1.54. The topological polar surface area (TPSA) is 20.3 Å². The summed E-state index contributed by atoms with van der Waals surface area (Å²) in [7, 11) is 3.84. The van der Waals surface area contributed by atoms with Crippen LogP contribution in [0.25, 0.3) is 0 Å². The number of hydrogen-bond donors (Lipinski definition) is 0. The van der Waals surface area contributed by atoms with Crippen molar-refractivity contribution in [2.45, 2.75) is 0 Å². The largest absolute Gasteiger partial charge is 2.00 e. The molecule has 0 aromatic rings. The Hall–Kier alpha value is 0.149. The molecule has 0 spiro atoms. The molecule has 0 unspecified atom stereocenters. The molecule has 2 rings (SSSR count). The Morgan fingerprint density at radius 3 is 2.12 bits per heavy atom. The summed E-state index contributed by atoms with van der Waals surface area (Å²) in [5.41, 5.74) is 0. The summed E-state index contributed by atoms with van der Waals surface area (Å²) in [6, 6.07) is 0. The van der Waals surface area contributed by atoms with Gasteiger partial charge in [0.05, 0.1) is 5.92 Å². The molecule has 0 amide bonds. The second-order valence-electron chi connectivity index (χ2n) is 3.73. The van der Waals surface area contributed by atoms with Crippen molar-refractivity contribution in [3.8, 4) is 0 Å². The van der Waals surface area contributed by atoms with E-state index in [9.17, 15) is 4.79 Å². The average molecular weight is 272 g/mol. The minimum absolute atomic E-state index is 0. The van der Waals surface area contributed by atoms with Gasteiger partial charge in [-0.1, -0.05) is 0 Å². The third kappa shape index (κ3) is 7.23. The molecule has 10 radical (unpaired) electrons. The van der Waals surface area contributed by atoms with Crippen molar-refractivity contribution in [1.82, 2.24) is 4.90 Å². The van der Waals surface area contributed by atoms with Crippen molar-refractivity contribution >= 4 is 6.29 Å². The van der Waals surface area contributed by atoms with Gasteiger partial charge in [0, 0.05) is 13.8 Å². The quantitative estimate of drug-likeness (QED) is 0.574. The summed E-state index contributed by atoms with van der Waals surface area (Å²) in [4.78, 5) is 12.5. The van der Waals surface area contributed by atoms with Gasteiger partial charge in [-0.15, -0.1) is 0 Å². The van der Waals surface area contributed by atoms with Crippen LogP contribution in [0.2, 0.25) is 0 Å². The van der Waals surface area contributed by atoms with Gasteiger partial charge in [0.2, 0.25) is 0 Å². The van der Waals surface area contributed by atoms with Crippen LogP contribution in [0.1, 0.15) is 1.37 Å². The summed E-state index contributed by atoms with van der Waals surface area (Å²) in [6.07, 6.45) is 14.6. The number of nitrogens with zero attached hydrogens (tertiary/aromatic N) is 1. The van der Waals surface area contributed by atoms with Gasteiger partial charge in [0.15, 0.2) is 0 Å². The first-order valence-electron chi connectivity index (χ1n) is 5.67. The van der Waals surface area contributed by atoms with Crippen LogP contribution in [-0.4, -0.2) is 31.8 Å². The zero-order chi connectivity index (χ0) is 12.7. The molecule has 0 aromatic carbocycles. The van der Waals surface area contributed by atoms with Gasteiger partial charge in [0.1, 0.15) is 6.29 Å². The van der Waals surface area contributed by atoms with Gasteiger partial charge in [-0.3, -0.25) is 0 Å². The molecule has 2 aliphatic rings. The van der Waals surface area contributed by atoms with Crippen molar-refractivity contribution in [2.75, 3.05) is 20.6 Å². The Morgan fingerprint density at radius 2 is 1.71 bits per heavy atom. The zero-order valence-corrected chi connectivity index (χ0v) is 11.1. The van der Waals surface area contributed by atoms with Crippen LogP contribution >= 0.6 is 0 Å². The molecule has 0 aliphatic heterocycles. The molecule has 0 atom stereocenters. The van der Waals surface area contributed by atoms with E-state index in [0.717, 1.165) is 12.2 Å². The van der Waals surface area contributed by atoms with Crippen LogP contribution in [0.4, 0.5) is 0 Å². The van der Waals surface area contributed by atoms with E-state index in [2.05, 4.69) is 0 Å². The van der Waals surface area contributed by atoms with Crippen molar-refractivity contribution in [3.05, 3.63) is 63.2 Å². The van der Waals surface area contributed by atoms with E-state index in [-0.39, 0.29) is 17.1 Å². The fourth-order valence-corrected chi connectivity index (χ4v) is 1.30. The second kappa shape index (κ2) is 10.1. The summed E-state index contributed by atoms with van der Waals surface area (Å²) in [5.74, 6) is 1.45. The van der Waals surface area contributed by atoms with E-state index in [4.69, 9.17) is 1.37 Å². The Kier molecular flexibility index (Phi) is 9.04. The monoisotopic (exact) mass is 272 g/mol. The number of carbonyl (C=O) groups excluding carboxylic acids is 1. The Labute approximate surface area is 118 Å². The molecule has 0 saturated heterocycles. The molecule has 2 nitrogen and oxygen atoms in total. The van der Waals surface area contributed by atoms with Crippen LogP contribution in [0.15, 0.2) is 0 Å². The molecule has 0 heterocycles. The maximum absolute atomic E-state index is 10.5. The fourth-order valence-electron chi connectivity index (χ4n) is 1.30. The third-order valence-electron chi connectivity index (χ3n) is 2.03. The van der Waals surface area contributed by atoms with Crippen LogP contribution in [-0.2, 0) is 21.9 Å². The summed E-state index contributed by atoms with van der Waals surface area (Å²) in [5, 5.41) is 0. The second-order valence-corrected chi connectivity index (χ2v) is 3.73. The summed E-state index contributed by atoms with van der Waals surface area (Å²) in [6.45, 7) is 0.653. The van der Waals surface area contributed by atoms with Crippen LogP contribution in [0, 0.1) is 63.2 Å². The van der Waals surface area contributed by atoms with Gasteiger partial charge in [-0.25, -0.2) is 0 Å². The first-order chi connectivity index (χ1) is 8.15. The minimum atomic E-state index is 0. The van der Waals surface area contributed by atoms with E-state index in [1.54, 1.807) is 12.8 Å². The molecule has 0 N–H and O–H groups in total. The maximum Gasteiger partial charge on any atom is 2.00 e. The SMILES string of the molecule is [2H][C]1[CH][CH][C](C=O)[C]1CN(C)C.[CH]1[CH][CH][CH][CH]1.[Fe+2]. The number of rotatable bonds is 3. The number of hydrogen-bond acceptors (Lipinski definition) is 2. The molecule has 17 heavy (non-hydrogen) atoms. The van der Waals surface area contributed by atoms with E-state index < -0.39 is 0 Å². The van der Waals surface area contributed by atoms with Crippen molar-refractivity contribution in [2.24, 2.45) is 0 Å². The molecule has 2 aliphatic carbocycles. The Balaban J connectivity index is 0.000000405. The summed E-state index contributed by atoms with van der Waals surface area (Å²) < 4.78 is 7.50. The molecule has 3 heteroatoms. The van der Waals surface area contributed by atoms with Crippen molar-refractivity contribution in [3.63, 3.8) is 0 Å². The van der Waals surface area contributed by atoms with Crippen molar-refractivity contribution in [1.29, 1.82) is 0 Å². The molecular formula is C14H17FeNO+2. The Morgan fingerprint density at radius 1 is 1.18 bits per heavy atom. The van der Waals surface area contributed by atoms with Crippen molar-refractivity contribution < 1.29 is 23.2 Å². The average Bonchev–Trinajstić information content (AvgIpc) is 2.93. The first-order valence-corrected chi connectivity index (χ1v) is 5.17. The van der Waals surface area contributed by atoms with Crippen LogP contribution in [0.5, 0.6) is 0 Å². The maximum atomic E-state index is 10.5. The predicted molar refractivity (Wildman–Crippen MR) is 65.5 cm³/mol. The smallest absolute Gasteiger partial charge is 0.309 e. The van der Waals surface area contributed by atoms with Gasteiger partial charge in [-0.05, 0) is 65.4 Å². The van der Waals surface area contributed by atoms with E-state index in [0.29, 0.717) is 18.9 Å². The minimum Gasteiger partial charge on any atom is -0.309 e. The van der Waals surface area contributed by atoms with Gasteiger partial charge in [0.25, 0.3) is 0 Å². The van der Waals surface area contributed by atoms with Gasteiger partial charge < -0.3 is 9.69 Å². The van der Waals surface area contributed by atoms with E-state index in [1.165, 1.54) is 0 Å². The third-order valence-corrected chi connectivity index (χ3v) is 2.03. The van der Waals surface area contributed by atoms with Gasteiger partial charge in [-0.2, -0.15) is 0 Å². The molecule has 2 saturated carbocycles. The number of carbonyl (C=O) groups is 1. The van der Waals surface area contributed by atoms with Gasteiger partial charge >= 0.3 is 17.1 Å².